The number of nitrogens with zero attached hydrogens (tertiary/aromatic N) is 2. The third kappa shape index (κ3) is 3.13. The van der Waals surface area contributed by atoms with Crippen molar-refractivity contribution in [2.24, 2.45) is 4.99 Å². The number of fused-ring (bicyclic) bond motifs is 1. The van der Waals surface area contributed by atoms with Crippen molar-refractivity contribution in [2.45, 2.75) is 0 Å². The maximum atomic E-state index is 12.1. The number of carbonyl (C=O) groups is 1. The van der Waals surface area contributed by atoms with Crippen LogP contribution in [0.15, 0.2) is 62.9 Å². The van der Waals surface area contributed by atoms with E-state index in [2.05, 4.69) is 36.2 Å². The number of amides is 1. The monoisotopic (exact) mass is 398 g/mol. The molecule has 7 heteroatoms. The van der Waals surface area contributed by atoms with Gasteiger partial charge in [-0.05, 0) is 47.7 Å². The van der Waals surface area contributed by atoms with Gasteiger partial charge in [0.15, 0.2) is 5.17 Å². The maximum absolute atomic E-state index is 12.1. The summed E-state index contributed by atoms with van der Waals surface area (Å²) in [6, 6.07) is 15.5. The highest BCUT2D eigenvalue weighted by Gasteiger charge is 2.24. The fourth-order valence-corrected chi connectivity index (χ4v) is 3.56. The summed E-state index contributed by atoms with van der Waals surface area (Å²) in [5.41, 5.74) is 2.71. The molecule has 0 radical (unpaired) electrons. The average molecular weight is 399 g/mol. The van der Waals surface area contributed by atoms with Gasteiger partial charge in [-0.25, -0.2) is 4.98 Å². The van der Waals surface area contributed by atoms with E-state index in [-0.39, 0.29) is 5.91 Å². The third-order valence-electron chi connectivity index (χ3n) is 3.38. The molecule has 3 aromatic rings. The molecule has 1 fully saturated rings. The minimum atomic E-state index is -0.158. The second-order valence-corrected chi connectivity index (χ2v) is 7.06. The zero-order chi connectivity index (χ0) is 16.5. The van der Waals surface area contributed by atoms with Crippen LogP contribution < -0.4 is 5.32 Å². The van der Waals surface area contributed by atoms with Crippen molar-refractivity contribution in [3.8, 4) is 0 Å². The van der Waals surface area contributed by atoms with Crippen LogP contribution in [0, 0.1) is 0 Å². The lowest BCUT2D eigenvalue weighted by atomic mass is 10.2. The molecule has 2 heterocycles. The van der Waals surface area contributed by atoms with E-state index in [1.807, 2.05) is 54.6 Å². The van der Waals surface area contributed by atoms with E-state index < -0.39 is 0 Å². The summed E-state index contributed by atoms with van der Waals surface area (Å²) in [4.78, 5) is 24.6. The summed E-state index contributed by atoms with van der Waals surface area (Å²) in [6.07, 6.45) is 1.84. The summed E-state index contributed by atoms with van der Waals surface area (Å²) in [6.45, 7) is 0. The van der Waals surface area contributed by atoms with Crippen molar-refractivity contribution >= 4 is 61.8 Å². The molecular formula is C17H11BrN4OS. The van der Waals surface area contributed by atoms with Gasteiger partial charge in [0.1, 0.15) is 0 Å². The standard InChI is InChI=1S/C17H11BrN4OS/c18-11-5-3-4-10(8-11)9-14-15(23)21-17(24-14)22-16-19-12-6-1-2-7-13(12)20-16/h1-9H,(H2,19,20,21,22,23)/b14-9-. The van der Waals surface area contributed by atoms with E-state index in [9.17, 15) is 4.79 Å². The van der Waals surface area contributed by atoms with Gasteiger partial charge in [-0.2, -0.15) is 4.99 Å². The molecule has 1 aromatic heterocycles. The van der Waals surface area contributed by atoms with Gasteiger partial charge < -0.3 is 10.3 Å². The minimum Gasteiger partial charge on any atom is -0.322 e. The smallest absolute Gasteiger partial charge is 0.264 e. The van der Waals surface area contributed by atoms with Gasteiger partial charge in [-0.1, -0.05) is 40.2 Å². The Labute approximate surface area is 150 Å². The molecule has 118 valence electrons. The lowest BCUT2D eigenvalue weighted by Gasteiger charge is -1.95. The van der Waals surface area contributed by atoms with Crippen LogP contribution in [0.25, 0.3) is 17.1 Å². The van der Waals surface area contributed by atoms with E-state index in [1.54, 1.807) is 0 Å². The average Bonchev–Trinajstić information content (AvgIpc) is 3.10. The molecule has 0 aliphatic carbocycles. The van der Waals surface area contributed by atoms with Crippen LogP contribution in [-0.4, -0.2) is 21.0 Å². The van der Waals surface area contributed by atoms with Gasteiger partial charge in [0.2, 0.25) is 5.95 Å². The first-order valence-corrected chi connectivity index (χ1v) is 8.78. The Morgan fingerprint density at radius 1 is 1.17 bits per heavy atom. The van der Waals surface area contributed by atoms with Gasteiger partial charge in [-0.3, -0.25) is 4.79 Å². The summed E-state index contributed by atoms with van der Waals surface area (Å²) in [7, 11) is 0. The summed E-state index contributed by atoms with van der Waals surface area (Å²) in [5.74, 6) is 0.317. The highest BCUT2D eigenvalue weighted by molar-refractivity contribution is 9.10. The van der Waals surface area contributed by atoms with Gasteiger partial charge in [0.25, 0.3) is 5.91 Å². The summed E-state index contributed by atoms with van der Waals surface area (Å²) in [5, 5.41) is 3.28. The SMILES string of the molecule is O=C1N/C(=N/c2nc3ccccc3[nH]2)S/C1=C\c1cccc(Br)c1. The topological polar surface area (TPSA) is 70.1 Å². The Balaban J connectivity index is 1.61. The number of benzene rings is 2. The van der Waals surface area contributed by atoms with Crippen LogP contribution in [0.1, 0.15) is 5.56 Å². The van der Waals surface area contributed by atoms with Gasteiger partial charge in [0, 0.05) is 4.47 Å². The number of hydrogen-bond acceptors (Lipinski definition) is 4. The number of hydrogen-bond donors (Lipinski definition) is 2. The number of aromatic amines is 1. The number of H-pyrrole nitrogens is 1. The Kier molecular flexibility index (Phi) is 3.95. The molecule has 1 saturated heterocycles. The number of imidazole rings is 1. The van der Waals surface area contributed by atoms with Gasteiger partial charge >= 0.3 is 0 Å². The highest BCUT2D eigenvalue weighted by Crippen LogP contribution is 2.28. The minimum absolute atomic E-state index is 0.158. The number of aromatic nitrogens is 2. The number of halogens is 1. The van der Waals surface area contributed by atoms with Crippen LogP contribution in [-0.2, 0) is 4.79 Å². The number of para-hydroxylation sites is 2. The normalized spacial score (nSPS) is 17.8. The molecule has 24 heavy (non-hydrogen) atoms. The molecular weight excluding hydrogens is 388 g/mol. The second-order valence-electron chi connectivity index (χ2n) is 5.11. The van der Waals surface area contributed by atoms with Crippen LogP contribution in [0.4, 0.5) is 5.95 Å². The van der Waals surface area contributed by atoms with Crippen LogP contribution in [0.3, 0.4) is 0 Å². The van der Waals surface area contributed by atoms with Crippen molar-refractivity contribution in [3.63, 3.8) is 0 Å². The van der Waals surface area contributed by atoms with Crippen molar-refractivity contribution in [2.75, 3.05) is 0 Å². The predicted molar refractivity (Wildman–Crippen MR) is 101 cm³/mol. The summed E-state index contributed by atoms with van der Waals surface area (Å²) < 4.78 is 0.969. The summed E-state index contributed by atoms with van der Waals surface area (Å²) >= 11 is 4.73. The molecule has 4 rings (SSSR count). The molecule has 1 aliphatic heterocycles. The molecule has 1 amide bonds. The van der Waals surface area contributed by atoms with Crippen LogP contribution >= 0.6 is 27.7 Å². The van der Waals surface area contributed by atoms with E-state index >= 15 is 0 Å². The van der Waals surface area contributed by atoms with E-state index in [1.165, 1.54) is 11.8 Å². The first-order chi connectivity index (χ1) is 11.7. The molecule has 1 aliphatic rings. The van der Waals surface area contributed by atoms with Gasteiger partial charge in [0.05, 0.1) is 15.9 Å². The number of aliphatic imine (C=N–C) groups is 1. The van der Waals surface area contributed by atoms with Gasteiger partial charge in [-0.15, -0.1) is 0 Å². The molecule has 0 atom stereocenters. The largest absolute Gasteiger partial charge is 0.322 e. The zero-order valence-electron chi connectivity index (χ0n) is 12.3. The number of thioether (sulfide) groups is 1. The van der Waals surface area contributed by atoms with Crippen molar-refractivity contribution in [1.29, 1.82) is 0 Å². The van der Waals surface area contributed by atoms with E-state index in [0.717, 1.165) is 21.1 Å². The lowest BCUT2D eigenvalue weighted by molar-refractivity contribution is -0.115. The quantitative estimate of drug-likeness (QED) is 0.634. The number of rotatable bonds is 2. The third-order valence-corrected chi connectivity index (χ3v) is 4.78. The molecule has 2 N–H and O–H groups in total. The molecule has 0 bridgehead atoms. The first-order valence-electron chi connectivity index (χ1n) is 7.17. The molecule has 0 spiro atoms. The zero-order valence-corrected chi connectivity index (χ0v) is 14.7. The van der Waals surface area contributed by atoms with Crippen molar-refractivity contribution in [3.05, 3.63) is 63.5 Å². The Morgan fingerprint density at radius 2 is 2.04 bits per heavy atom. The number of amidine groups is 1. The molecule has 0 unspecified atom stereocenters. The molecule has 0 saturated carbocycles. The Hall–Kier alpha value is -2.38. The van der Waals surface area contributed by atoms with Crippen LogP contribution in [0.5, 0.6) is 0 Å². The lowest BCUT2D eigenvalue weighted by Crippen LogP contribution is -2.19. The first kappa shape index (κ1) is 15.2. The fraction of sp³-hybridized carbons (Fsp3) is 0. The molecule has 2 aromatic carbocycles. The van der Waals surface area contributed by atoms with E-state index in [4.69, 9.17) is 0 Å². The van der Waals surface area contributed by atoms with Crippen LogP contribution in [0.2, 0.25) is 0 Å². The maximum Gasteiger partial charge on any atom is 0.264 e. The Bertz CT molecular complexity index is 976. The predicted octanol–water partition coefficient (Wildman–Crippen LogP) is 4.22. The van der Waals surface area contributed by atoms with Crippen molar-refractivity contribution in [1.82, 2.24) is 15.3 Å². The molecule has 5 nitrogen and oxygen atoms in total. The fourth-order valence-electron chi connectivity index (χ4n) is 2.32. The second kappa shape index (κ2) is 6.26. The number of nitrogens with one attached hydrogen (secondary N) is 2. The highest BCUT2D eigenvalue weighted by atomic mass is 79.9. The number of carbonyl (C=O) groups excluding carboxylic acids is 1. The van der Waals surface area contributed by atoms with E-state index in [0.29, 0.717) is 16.0 Å². The Morgan fingerprint density at radius 3 is 2.88 bits per heavy atom. The van der Waals surface area contributed by atoms with Crippen molar-refractivity contribution < 1.29 is 4.79 Å².